The van der Waals surface area contributed by atoms with Crippen LogP contribution in [0.3, 0.4) is 0 Å². The average Bonchev–Trinajstić information content (AvgIpc) is 3.21. The van der Waals surface area contributed by atoms with Crippen molar-refractivity contribution in [3.63, 3.8) is 0 Å². The highest BCUT2D eigenvalue weighted by atomic mass is 16.2. The van der Waals surface area contributed by atoms with E-state index >= 15 is 0 Å². The van der Waals surface area contributed by atoms with Crippen LogP contribution in [0, 0.1) is 17.8 Å². The van der Waals surface area contributed by atoms with Gasteiger partial charge in [-0.2, -0.15) is 0 Å². The molecule has 0 heterocycles. The Kier molecular flexibility index (Phi) is 4.03. The van der Waals surface area contributed by atoms with E-state index in [1.165, 1.54) is 11.1 Å². The summed E-state index contributed by atoms with van der Waals surface area (Å²) >= 11 is 0. The van der Waals surface area contributed by atoms with Crippen LogP contribution >= 0.6 is 0 Å². The number of nitrogens with one attached hydrogen (secondary N) is 1. The van der Waals surface area contributed by atoms with Gasteiger partial charge in [-0.1, -0.05) is 38.1 Å². The number of amides is 1. The van der Waals surface area contributed by atoms with Gasteiger partial charge in [-0.15, -0.1) is 0 Å². The van der Waals surface area contributed by atoms with Gasteiger partial charge in [0.05, 0.1) is 0 Å². The molecule has 0 spiro atoms. The van der Waals surface area contributed by atoms with Crippen LogP contribution < -0.4 is 11.1 Å². The lowest BCUT2D eigenvalue weighted by Crippen LogP contribution is -2.41. The number of nitrogens with two attached hydrogens (primary N) is 1. The molecule has 1 amide bonds. The van der Waals surface area contributed by atoms with Crippen LogP contribution in [0.4, 0.5) is 0 Å². The summed E-state index contributed by atoms with van der Waals surface area (Å²) in [5.41, 5.74) is 8.52. The van der Waals surface area contributed by atoms with E-state index in [1.807, 2.05) is 0 Å². The Morgan fingerprint density at radius 2 is 2.14 bits per heavy atom. The summed E-state index contributed by atoms with van der Waals surface area (Å²) in [5, 5.41) is 3.25. The van der Waals surface area contributed by atoms with Gasteiger partial charge in [0, 0.05) is 12.0 Å². The maximum Gasteiger partial charge on any atom is 0.224 e. The zero-order chi connectivity index (χ0) is 15.0. The molecule has 1 aromatic carbocycles. The largest absolute Gasteiger partial charge is 0.353 e. The summed E-state index contributed by atoms with van der Waals surface area (Å²) in [5.74, 6) is 1.89. The van der Waals surface area contributed by atoms with Crippen LogP contribution in [0.5, 0.6) is 0 Å². The van der Waals surface area contributed by atoms with Crippen LogP contribution in [0.2, 0.25) is 0 Å². The number of carbonyl (C=O) groups is 1. The van der Waals surface area contributed by atoms with E-state index in [0.717, 1.165) is 19.3 Å². The molecule has 0 aliphatic heterocycles. The lowest BCUT2D eigenvalue weighted by atomic mass is 9.92. The summed E-state index contributed by atoms with van der Waals surface area (Å²) in [6.07, 6.45) is 3.14. The molecule has 3 heteroatoms. The van der Waals surface area contributed by atoms with E-state index in [2.05, 4.69) is 43.4 Å². The minimum Gasteiger partial charge on any atom is -0.353 e. The topological polar surface area (TPSA) is 55.1 Å². The third kappa shape index (κ3) is 2.71. The first-order chi connectivity index (χ1) is 10.1. The first-order valence-corrected chi connectivity index (χ1v) is 8.21. The molecule has 2 aliphatic rings. The fourth-order valence-corrected chi connectivity index (χ4v) is 3.95. The molecule has 3 nitrogen and oxygen atoms in total. The zero-order valence-electron chi connectivity index (χ0n) is 13.0. The van der Waals surface area contributed by atoms with Crippen LogP contribution in [-0.2, 0) is 11.2 Å². The van der Waals surface area contributed by atoms with E-state index in [0.29, 0.717) is 24.3 Å². The van der Waals surface area contributed by atoms with E-state index < -0.39 is 0 Å². The SMILES string of the molecule is CC(C)C(CCN)NC(=O)C1C2CCc3ccccc3C21. The molecule has 0 bridgehead atoms. The molecular formula is C18H26N2O. The quantitative estimate of drug-likeness (QED) is 0.873. The highest BCUT2D eigenvalue weighted by Crippen LogP contribution is 2.59. The molecule has 4 atom stereocenters. The van der Waals surface area contributed by atoms with Gasteiger partial charge in [-0.25, -0.2) is 0 Å². The Morgan fingerprint density at radius 3 is 2.86 bits per heavy atom. The number of fused-ring (bicyclic) bond motifs is 3. The predicted octanol–water partition coefficient (Wildman–Crippen LogP) is 2.45. The first-order valence-electron chi connectivity index (χ1n) is 8.21. The van der Waals surface area contributed by atoms with Gasteiger partial charge in [0.15, 0.2) is 0 Å². The fraction of sp³-hybridized carbons (Fsp3) is 0.611. The molecule has 114 valence electrons. The Balaban J connectivity index is 1.68. The third-order valence-electron chi connectivity index (χ3n) is 5.24. The first kappa shape index (κ1) is 14.6. The Bertz CT molecular complexity index is 526. The van der Waals surface area contributed by atoms with Crippen LogP contribution in [0.15, 0.2) is 24.3 Å². The summed E-state index contributed by atoms with van der Waals surface area (Å²) < 4.78 is 0. The van der Waals surface area contributed by atoms with E-state index in [4.69, 9.17) is 5.73 Å². The van der Waals surface area contributed by atoms with Crippen molar-refractivity contribution in [3.8, 4) is 0 Å². The van der Waals surface area contributed by atoms with Crippen LogP contribution in [0.1, 0.15) is 43.7 Å². The second kappa shape index (κ2) is 5.80. The summed E-state index contributed by atoms with van der Waals surface area (Å²) in [4.78, 5) is 12.6. The van der Waals surface area contributed by atoms with Crippen LogP contribution in [-0.4, -0.2) is 18.5 Å². The van der Waals surface area contributed by atoms with Gasteiger partial charge < -0.3 is 11.1 Å². The molecule has 3 N–H and O–H groups in total. The number of aryl methyl sites for hydroxylation is 1. The maximum absolute atomic E-state index is 12.6. The molecule has 1 aromatic rings. The maximum atomic E-state index is 12.6. The molecule has 4 unspecified atom stereocenters. The second-order valence-electron chi connectivity index (χ2n) is 6.89. The number of hydrogen-bond donors (Lipinski definition) is 2. The van der Waals surface area contributed by atoms with Crippen molar-refractivity contribution >= 4 is 5.91 Å². The summed E-state index contributed by atoms with van der Waals surface area (Å²) in [6.45, 7) is 4.93. The van der Waals surface area contributed by atoms with E-state index in [-0.39, 0.29) is 17.9 Å². The van der Waals surface area contributed by atoms with Gasteiger partial charge in [-0.3, -0.25) is 4.79 Å². The van der Waals surface area contributed by atoms with Crippen molar-refractivity contribution in [3.05, 3.63) is 35.4 Å². The molecule has 1 fully saturated rings. The highest BCUT2D eigenvalue weighted by Gasteiger charge is 2.57. The second-order valence-corrected chi connectivity index (χ2v) is 6.89. The van der Waals surface area contributed by atoms with Crippen molar-refractivity contribution in [2.24, 2.45) is 23.5 Å². The highest BCUT2D eigenvalue weighted by molar-refractivity contribution is 5.84. The molecule has 0 saturated heterocycles. The average molecular weight is 286 g/mol. The van der Waals surface area contributed by atoms with E-state index in [1.54, 1.807) is 0 Å². The predicted molar refractivity (Wildman–Crippen MR) is 84.9 cm³/mol. The zero-order valence-corrected chi connectivity index (χ0v) is 13.0. The Labute approximate surface area is 127 Å². The van der Waals surface area contributed by atoms with Crippen molar-refractivity contribution in [1.82, 2.24) is 5.32 Å². The van der Waals surface area contributed by atoms with Gasteiger partial charge in [-0.05, 0) is 54.7 Å². The number of carbonyl (C=O) groups excluding carboxylic acids is 1. The molecule has 3 rings (SSSR count). The van der Waals surface area contributed by atoms with Gasteiger partial charge in [0.2, 0.25) is 5.91 Å². The number of hydrogen-bond acceptors (Lipinski definition) is 2. The monoisotopic (exact) mass is 286 g/mol. The number of benzene rings is 1. The van der Waals surface area contributed by atoms with Gasteiger partial charge >= 0.3 is 0 Å². The molecule has 21 heavy (non-hydrogen) atoms. The molecule has 0 radical (unpaired) electrons. The van der Waals surface area contributed by atoms with Crippen molar-refractivity contribution in [1.29, 1.82) is 0 Å². The van der Waals surface area contributed by atoms with E-state index in [9.17, 15) is 4.79 Å². The minimum atomic E-state index is 0.188. The standard InChI is InChI=1S/C18H26N2O/c1-11(2)15(9-10-19)20-18(21)17-14-8-7-12-5-3-4-6-13(12)16(14)17/h3-6,11,14-17H,7-10,19H2,1-2H3,(H,20,21). The molecule has 0 aromatic heterocycles. The van der Waals surface area contributed by atoms with Gasteiger partial charge in [0.1, 0.15) is 0 Å². The normalized spacial score (nSPS) is 27.7. The number of rotatable bonds is 5. The smallest absolute Gasteiger partial charge is 0.224 e. The fourth-order valence-electron chi connectivity index (χ4n) is 3.95. The lowest BCUT2D eigenvalue weighted by molar-refractivity contribution is -0.123. The third-order valence-corrected chi connectivity index (χ3v) is 5.24. The van der Waals surface area contributed by atoms with Crippen molar-refractivity contribution in [2.45, 2.75) is 45.1 Å². The van der Waals surface area contributed by atoms with Crippen molar-refractivity contribution in [2.75, 3.05) is 6.54 Å². The van der Waals surface area contributed by atoms with Crippen LogP contribution in [0.25, 0.3) is 0 Å². The van der Waals surface area contributed by atoms with Gasteiger partial charge in [0.25, 0.3) is 0 Å². The summed E-state index contributed by atoms with van der Waals surface area (Å²) in [7, 11) is 0. The Morgan fingerprint density at radius 1 is 1.38 bits per heavy atom. The van der Waals surface area contributed by atoms with Crippen molar-refractivity contribution < 1.29 is 4.79 Å². The molecule has 1 saturated carbocycles. The Hall–Kier alpha value is -1.35. The molecule has 2 aliphatic carbocycles. The summed E-state index contributed by atoms with van der Waals surface area (Å²) in [6, 6.07) is 8.83. The lowest BCUT2D eigenvalue weighted by Gasteiger charge is -2.22. The molecular weight excluding hydrogens is 260 g/mol. The minimum absolute atomic E-state index is 0.188.